The number of hydrogen-bond donors (Lipinski definition) is 1. The second kappa shape index (κ2) is 9.96. The molecule has 6 nitrogen and oxygen atoms in total. The van der Waals surface area contributed by atoms with Crippen molar-refractivity contribution in [3.05, 3.63) is 100 Å². The lowest BCUT2D eigenvalue weighted by Crippen LogP contribution is -2.12. The number of aryl methyl sites for hydroxylation is 1. The molecule has 0 saturated heterocycles. The van der Waals surface area contributed by atoms with Crippen molar-refractivity contribution in [2.24, 2.45) is 0 Å². The molecule has 1 amide bonds. The van der Waals surface area contributed by atoms with Gasteiger partial charge in [0, 0.05) is 17.3 Å². The lowest BCUT2D eigenvalue weighted by atomic mass is 10.0. The highest BCUT2D eigenvalue weighted by atomic mass is 35.5. The van der Waals surface area contributed by atoms with E-state index in [1.807, 2.05) is 37.3 Å². The molecule has 4 rings (SSSR count). The highest BCUT2D eigenvalue weighted by Crippen LogP contribution is 2.28. The van der Waals surface area contributed by atoms with Gasteiger partial charge >= 0.3 is 0 Å². The van der Waals surface area contributed by atoms with E-state index in [2.05, 4.69) is 36.4 Å². The number of furan rings is 1. The van der Waals surface area contributed by atoms with E-state index in [1.165, 1.54) is 0 Å². The van der Waals surface area contributed by atoms with Crippen LogP contribution in [0.5, 0.6) is 5.75 Å². The topological polar surface area (TPSA) is 69.3 Å². The van der Waals surface area contributed by atoms with Crippen LogP contribution in [0.2, 0.25) is 5.02 Å². The number of nitrogens with one attached hydrogen (secondary N) is 1. The number of anilines is 1. The van der Waals surface area contributed by atoms with E-state index in [0.717, 1.165) is 22.4 Å². The standard InChI is InChI=1S/C26H26ClN3O3/c1-17(2)21-10-8-18(3)14-24(21)32-16-20-9-11-23(33-20)26(31)28-25-12-13-30(29-25)15-19-6-4-5-7-22(19)27/h4-14,17H,15-16H2,1-3H3,(H,28,29,31). The summed E-state index contributed by atoms with van der Waals surface area (Å²) in [4.78, 5) is 12.6. The number of carbonyl (C=O) groups excluding carboxylic acids is 1. The Morgan fingerprint density at radius 1 is 1.15 bits per heavy atom. The molecule has 0 bridgehead atoms. The van der Waals surface area contributed by atoms with Crippen LogP contribution in [0.25, 0.3) is 0 Å². The molecule has 0 unspecified atom stereocenters. The summed E-state index contributed by atoms with van der Waals surface area (Å²) in [6.07, 6.45) is 1.79. The minimum absolute atomic E-state index is 0.197. The molecule has 0 spiro atoms. The number of benzene rings is 2. The molecule has 2 heterocycles. The smallest absolute Gasteiger partial charge is 0.292 e. The molecule has 4 aromatic rings. The van der Waals surface area contributed by atoms with Crippen LogP contribution < -0.4 is 10.1 Å². The van der Waals surface area contributed by atoms with Gasteiger partial charge in [-0.25, -0.2) is 0 Å². The van der Waals surface area contributed by atoms with Crippen LogP contribution in [0.15, 0.2) is 71.3 Å². The van der Waals surface area contributed by atoms with E-state index in [0.29, 0.717) is 29.1 Å². The molecule has 2 aromatic carbocycles. The molecular formula is C26H26ClN3O3. The number of carbonyl (C=O) groups is 1. The molecule has 0 aliphatic heterocycles. The van der Waals surface area contributed by atoms with Gasteiger partial charge in [-0.3, -0.25) is 9.48 Å². The third-order valence-electron chi connectivity index (χ3n) is 5.22. The molecule has 7 heteroatoms. The first-order chi connectivity index (χ1) is 15.9. The largest absolute Gasteiger partial charge is 0.485 e. The van der Waals surface area contributed by atoms with Crippen molar-refractivity contribution in [3.63, 3.8) is 0 Å². The first-order valence-corrected chi connectivity index (χ1v) is 11.2. The van der Waals surface area contributed by atoms with Gasteiger partial charge in [0.15, 0.2) is 11.6 Å². The number of hydrogen-bond acceptors (Lipinski definition) is 4. The van der Waals surface area contributed by atoms with Crippen molar-refractivity contribution in [3.8, 4) is 5.75 Å². The summed E-state index contributed by atoms with van der Waals surface area (Å²) in [6.45, 7) is 7.03. The number of ether oxygens (including phenoxy) is 1. The van der Waals surface area contributed by atoms with E-state index in [-0.39, 0.29) is 18.3 Å². The van der Waals surface area contributed by atoms with Crippen LogP contribution in [0.3, 0.4) is 0 Å². The average Bonchev–Trinajstić information content (AvgIpc) is 3.43. The lowest BCUT2D eigenvalue weighted by Gasteiger charge is -2.14. The zero-order valence-corrected chi connectivity index (χ0v) is 19.6. The van der Waals surface area contributed by atoms with Gasteiger partial charge in [0.2, 0.25) is 0 Å². The fourth-order valence-electron chi connectivity index (χ4n) is 3.47. The zero-order chi connectivity index (χ0) is 23.4. The first kappa shape index (κ1) is 22.7. The summed E-state index contributed by atoms with van der Waals surface area (Å²) in [6, 6.07) is 18.9. The minimum atomic E-state index is -0.373. The summed E-state index contributed by atoms with van der Waals surface area (Å²) in [5.74, 6) is 2.00. The number of aromatic nitrogens is 2. The molecule has 170 valence electrons. The van der Waals surface area contributed by atoms with Crippen LogP contribution in [0, 0.1) is 6.92 Å². The van der Waals surface area contributed by atoms with Crippen LogP contribution in [-0.2, 0) is 13.2 Å². The molecule has 0 radical (unpaired) electrons. The van der Waals surface area contributed by atoms with Crippen LogP contribution in [0.4, 0.5) is 5.82 Å². The highest BCUT2D eigenvalue weighted by molar-refractivity contribution is 6.31. The summed E-state index contributed by atoms with van der Waals surface area (Å²) in [5.41, 5.74) is 3.21. The fraction of sp³-hybridized carbons (Fsp3) is 0.231. The predicted octanol–water partition coefficient (Wildman–Crippen LogP) is 6.44. The normalized spacial score (nSPS) is 11.1. The Morgan fingerprint density at radius 3 is 2.76 bits per heavy atom. The van der Waals surface area contributed by atoms with Gasteiger partial charge in [0.25, 0.3) is 5.91 Å². The van der Waals surface area contributed by atoms with E-state index < -0.39 is 0 Å². The van der Waals surface area contributed by atoms with Crippen molar-refractivity contribution < 1.29 is 13.9 Å². The Morgan fingerprint density at radius 2 is 1.97 bits per heavy atom. The second-order valence-electron chi connectivity index (χ2n) is 8.19. The maximum absolute atomic E-state index is 12.6. The number of halogens is 1. The third-order valence-corrected chi connectivity index (χ3v) is 5.59. The highest BCUT2D eigenvalue weighted by Gasteiger charge is 2.15. The SMILES string of the molecule is Cc1ccc(C(C)C)c(OCc2ccc(C(=O)Nc3ccn(Cc4ccccc4Cl)n3)o2)c1. The monoisotopic (exact) mass is 463 g/mol. The van der Waals surface area contributed by atoms with E-state index >= 15 is 0 Å². The maximum atomic E-state index is 12.6. The Balaban J connectivity index is 1.37. The fourth-order valence-corrected chi connectivity index (χ4v) is 3.66. The first-order valence-electron chi connectivity index (χ1n) is 10.8. The maximum Gasteiger partial charge on any atom is 0.292 e. The number of rotatable bonds is 8. The van der Waals surface area contributed by atoms with Crippen molar-refractivity contribution in [1.29, 1.82) is 0 Å². The second-order valence-corrected chi connectivity index (χ2v) is 8.60. The summed E-state index contributed by atoms with van der Waals surface area (Å²) in [5, 5.41) is 7.82. The molecule has 0 aliphatic rings. The van der Waals surface area contributed by atoms with Crippen LogP contribution in [0.1, 0.15) is 52.8 Å². The molecule has 0 fully saturated rings. The molecule has 0 atom stereocenters. The van der Waals surface area contributed by atoms with E-state index in [4.69, 9.17) is 20.8 Å². The summed E-state index contributed by atoms with van der Waals surface area (Å²) in [7, 11) is 0. The minimum Gasteiger partial charge on any atom is -0.485 e. The van der Waals surface area contributed by atoms with E-state index in [1.54, 1.807) is 29.1 Å². The van der Waals surface area contributed by atoms with Gasteiger partial charge in [-0.2, -0.15) is 5.10 Å². The Labute approximate surface area is 198 Å². The molecule has 1 N–H and O–H groups in total. The van der Waals surface area contributed by atoms with Crippen LogP contribution >= 0.6 is 11.6 Å². The third kappa shape index (κ3) is 5.65. The summed E-state index contributed by atoms with van der Waals surface area (Å²) >= 11 is 6.21. The Bertz CT molecular complexity index is 1260. The predicted molar refractivity (Wildman–Crippen MR) is 129 cm³/mol. The Hall–Kier alpha value is -3.51. The van der Waals surface area contributed by atoms with Crippen LogP contribution in [-0.4, -0.2) is 15.7 Å². The number of amides is 1. The quantitative estimate of drug-likeness (QED) is 0.326. The van der Waals surface area contributed by atoms with Gasteiger partial charge in [-0.05, 0) is 53.8 Å². The van der Waals surface area contributed by atoms with Crippen molar-refractivity contribution in [1.82, 2.24) is 9.78 Å². The van der Waals surface area contributed by atoms with Gasteiger partial charge in [0.05, 0.1) is 6.54 Å². The zero-order valence-electron chi connectivity index (χ0n) is 18.8. The Kier molecular flexibility index (Phi) is 6.84. The molecule has 0 saturated carbocycles. The van der Waals surface area contributed by atoms with Crippen molar-refractivity contribution >= 4 is 23.3 Å². The van der Waals surface area contributed by atoms with Crippen molar-refractivity contribution in [2.45, 2.75) is 39.8 Å². The molecular weight excluding hydrogens is 438 g/mol. The number of nitrogens with zero attached hydrogens (tertiary/aromatic N) is 2. The van der Waals surface area contributed by atoms with E-state index in [9.17, 15) is 4.79 Å². The molecule has 0 aliphatic carbocycles. The van der Waals surface area contributed by atoms with Gasteiger partial charge in [0.1, 0.15) is 18.1 Å². The van der Waals surface area contributed by atoms with Crippen molar-refractivity contribution in [2.75, 3.05) is 5.32 Å². The molecule has 2 aromatic heterocycles. The van der Waals surface area contributed by atoms with Gasteiger partial charge in [-0.1, -0.05) is 55.8 Å². The van der Waals surface area contributed by atoms with Gasteiger partial charge in [-0.15, -0.1) is 0 Å². The summed E-state index contributed by atoms with van der Waals surface area (Å²) < 4.78 is 13.4. The molecule has 33 heavy (non-hydrogen) atoms. The lowest BCUT2D eigenvalue weighted by molar-refractivity contribution is 0.0992. The van der Waals surface area contributed by atoms with Gasteiger partial charge < -0.3 is 14.5 Å². The average molecular weight is 464 g/mol.